The van der Waals surface area contributed by atoms with Crippen molar-refractivity contribution in [3.63, 3.8) is 0 Å². The fraction of sp³-hybridized carbons (Fsp3) is 0.231. The zero-order valence-electron chi connectivity index (χ0n) is 10.8. The van der Waals surface area contributed by atoms with Gasteiger partial charge in [0.25, 0.3) is 5.91 Å². The zero-order valence-corrected chi connectivity index (χ0v) is 10.8. The number of carbonyl (C=O) groups excluding carboxylic acids is 1. The van der Waals surface area contributed by atoms with Crippen LogP contribution >= 0.6 is 0 Å². The summed E-state index contributed by atoms with van der Waals surface area (Å²) in [5.41, 5.74) is 6.98. The van der Waals surface area contributed by atoms with Crippen LogP contribution in [0.2, 0.25) is 0 Å². The predicted octanol–water partition coefficient (Wildman–Crippen LogP) is 2.03. The number of nitrogen functional groups attached to an aromatic ring is 1. The van der Waals surface area contributed by atoms with Crippen molar-refractivity contribution >= 4 is 17.3 Å². The molecule has 0 saturated carbocycles. The Morgan fingerprint density at radius 3 is 2.95 bits per heavy atom. The van der Waals surface area contributed by atoms with Crippen LogP contribution < -0.4 is 15.8 Å². The van der Waals surface area contributed by atoms with Crippen molar-refractivity contribution in [2.24, 2.45) is 0 Å². The number of nitrogens with one attached hydrogen (secondary N) is 2. The molecule has 0 unspecified atom stereocenters. The van der Waals surface area contributed by atoms with Crippen molar-refractivity contribution < 1.29 is 9.53 Å². The molecule has 100 valence electrons. The quantitative estimate of drug-likeness (QED) is 0.784. The Hall–Kier alpha value is -2.50. The lowest BCUT2D eigenvalue weighted by atomic mass is 10.3. The Morgan fingerprint density at radius 1 is 1.53 bits per heavy atom. The molecule has 0 radical (unpaired) electrons. The number of nitrogens with zero attached hydrogens (tertiary/aromatic N) is 1. The van der Waals surface area contributed by atoms with Crippen LogP contribution in [-0.4, -0.2) is 22.0 Å². The first kappa shape index (κ1) is 12.9. The van der Waals surface area contributed by atoms with Gasteiger partial charge in [-0.3, -0.25) is 4.79 Å². The van der Waals surface area contributed by atoms with Crippen LogP contribution in [0.25, 0.3) is 0 Å². The van der Waals surface area contributed by atoms with Gasteiger partial charge in [-0.1, -0.05) is 0 Å². The Bertz CT molecular complexity index is 578. The molecule has 2 aromatic heterocycles. The van der Waals surface area contributed by atoms with Crippen LogP contribution in [-0.2, 0) is 0 Å². The van der Waals surface area contributed by atoms with Gasteiger partial charge in [-0.2, -0.15) is 0 Å². The van der Waals surface area contributed by atoms with Crippen molar-refractivity contribution in [2.45, 2.75) is 20.0 Å². The van der Waals surface area contributed by atoms with E-state index < -0.39 is 0 Å². The minimum absolute atomic E-state index is 0.0216. The second-order valence-corrected chi connectivity index (χ2v) is 4.32. The van der Waals surface area contributed by atoms with E-state index >= 15 is 0 Å². The lowest BCUT2D eigenvalue weighted by Crippen LogP contribution is -2.15. The van der Waals surface area contributed by atoms with E-state index in [2.05, 4.69) is 15.3 Å². The van der Waals surface area contributed by atoms with E-state index in [4.69, 9.17) is 10.5 Å². The summed E-state index contributed by atoms with van der Waals surface area (Å²) in [6.07, 6.45) is 3.15. The minimum Gasteiger partial charge on any atom is -0.473 e. The Morgan fingerprint density at radius 2 is 2.32 bits per heavy atom. The second-order valence-electron chi connectivity index (χ2n) is 4.32. The summed E-state index contributed by atoms with van der Waals surface area (Å²) in [4.78, 5) is 18.9. The van der Waals surface area contributed by atoms with Crippen LogP contribution in [0.4, 0.5) is 11.4 Å². The van der Waals surface area contributed by atoms with Gasteiger partial charge in [0.2, 0.25) is 5.88 Å². The van der Waals surface area contributed by atoms with Crippen LogP contribution in [0.15, 0.2) is 30.6 Å². The summed E-state index contributed by atoms with van der Waals surface area (Å²) in [7, 11) is 0. The van der Waals surface area contributed by atoms with Gasteiger partial charge in [0.15, 0.2) is 0 Å². The summed E-state index contributed by atoms with van der Waals surface area (Å²) in [5.74, 6) is 0.101. The highest BCUT2D eigenvalue weighted by Crippen LogP contribution is 2.22. The van der Waals surface area contributed by atoms with Gasteiger partial charge in [0.1, 0.15) is 11.4 Å². The Kier molecular flexibility index (Phi) is 3.70. The first-order chi connectivity index (χ1) is 9.06. The highest BCUT2D eigenvalue weighted by atomic mass is 16.5. The molecule has 0 aliphatic carbocycles. The molecule has 0 aliphatic heterocycles. The van der Waals surface area contributed by atoms with Crippen LogP contribution in [0.3, 0.4) is 0 Å². The SMILES string of the molecule is CC(C)Oc1ncccc1NC(=O)c1cc(N)c[nH]1. The molecular weight excluding hydrogens is 244 g/mol. The van der Waals surface area contributed by atoms with Crippen molar-refractivity contribution in [1.82, 2.24) is 9.97 Å². The summed E-state index contributed by atoms with van der Waals surface area (Å²) in [6, 6.07) is 5.02. The number of carbonyl (C=O) groups is 1. The number of hydrogen-bond acceptors (Lipinski definition) is 4. The van der Waals surface area contributed by atoms with Gasteiger partial charge in [0.05, 0.1) is 6.10 Å². The highest BCUT2D eigenvalue weighted by Gasteiger charge is 2.12. The summed E-state index contributed by atoms with van der Waals surface area (Å²) < 4.78 is 5.53. The summed E-state index contributed by atoms with van der Waals surface area (Å²) >= 11 is 0. The van der Waals surface area contributed by atoms with Gasteiger partial charge in [-0.15, -0.1) is 0 Å². The third-order valence-corrected chi connectivity index (χ3v) is 2.32. The number of hydrogen-bond donors (Lipinski definition) is 3. The molecule has 4 N–H and O–H groups in total. The third-order valence-electron chi connectivity index (χ3n) is 2.32. The van der Waals surface area contributed by atoms with Crippen LogP contribution in [0, 0.1) is 0 Å². The number of pyridine rings is 1. The first-order valence-electron chi connectivity index (χ1n) is 5.93. The van der Waals surface area contributed by atoms with Crippen LogP contribution in [0.1, 0.15) is 24.3 Å². The van der Waals surface area contributed by atoms with Gasteiger partial charge < -0.3 is 20.8 Å². The van der Waals surface area contributed by atoms with E-state index in [9.17, 15) is 4.79 Å². The summed E-state index contributed by atoms with van der Waals surface area (Å²) in [6.45, 7) is 3.79. The molecule has 1 amide bonds. The predicted molar refractivity (Wildman–Crippen MR) is 73.2 cm³/mol. The zero-order chi connectivity index (χ0) is 13.8. The average molecular weight is 260 g/mol. The molecule has 2 rings (SSSR count). The van der Waals surface area contributed by atoms with Gasteiger partial charge in [0, 0.05) is 18.1 Å². The van der Waals surface area contributed by atoms with E-state index in [0.717, 1.165) is 0 Å². The Balaban J connectivity index is 2.16. The van der Waals surface area contributed by atoms with E-state index in [1.165, 1.54) is 0 Å². The molecule has 6 nitrogen and oxygen atoms in total. The maximum atomic E-state index is 12.0. The fourth-order valence-electron chi connectivity index (χ4n) is 1.53. The maximum Gasteiger partial charge on any atom is 0.272 e. The molecule has 0 aliphatic rings. The van der Waals surface area contributed by atoms with Crippen molar-refractivity contribution in [2.75, 3.05) is 11.1 Å². The normalized spacial score (nSPS) is 10.5. The molecule has 0 saturated heterocycles. The Labute approximate surface area is 111 Å². The van der Waals surface area contributed by atoms with Gasteiger partial charge in [-0.05, 0) is 32.0 Å². The lowest BCUT2D eigenvalue weighted by Gasteiger charge is -2.13. The molecule has 6 heteroatoms. The van der Waals surface area contributed by atoms with Crippen molar-refractivity contribution in [3.8, 4) is 5.88 Å². The molecule has 2 aromatic rings. The second kappa shape index (κ2) is 5.43. The average Bonchev–Trinajstić information content (AvgIpc) is 2.78. The monoisotopic (exact) mass is 260 g/mol. The highest BCUT2D eigenvalue weighted by molar-refractivity contribution is 6.04. The molecule has 0 spiro atoms. The minimum atomic E-state index is -0.293. The number of ether oxygens (including phenoxy) is 1. The molecule has 2 heterocycles. The van der Waals surface area contributed by atoms with E-state index in [-0.39, 0.29) is 12.0 Å². The molecule has 0 aromatic carbocycles. The maximum absolute atomic E-state index is 12.0. The number of aromatic amines is 1. The van der Waals surface area contributed by atoms with E-state index in [1.807, 2.05) is 13.8 Å². The largest absolute Gasteiger partial charge is 0.473 e. The number of rotatable bonds is 4. The standard InChI is InChI=1S/C13H16N4O2/c1-8(2)19-13-10(4-3-5-15-13)17-12(18)11-6-9(14)7-16-11/h3-8,16H,14H2,1-2H3,(H,17,18). The lowest BCUT2D eigenvalue weighted by molar-refractivity contribution is 0.102. The number of H-pyrrole nitrogens is 1. The molecule has 0 bridgehead atoms. The smallest absolute Gasteiger partial charge is 0.272 e. The molecule has 19 heavy (non-hydrogen) atoms. The summed E-state index contributed by atoms with van der Waals surface area (Å²) in [5, 5.41) is 2.73. The number of amides is 1. The fourth-order valence-corrected chi connectivity index (χ4v) is 1.53. The third kappa shape index (κ3) is 3.25. The van der Waals surface area contributed by atoms with Crippen LogP contribution in [0.5, 0.6) is 5.88 Å². The first-order valence-corrected chi connectivity index (χ1v) is 5.93. The number of nitrogens with two attached hydrogens (primary N) is 1. The van der Waals surface area contributed by atoms with Gasteiger partial charge in [-0.25, -0.2) is 4.98 Å². The van der Waals surface area contributed by atoms with E-state index in [1.54, 1.807) is 30.6 Å². The van der Waals surface area contributed by atoms with Crippen molar-refractivity contribution in [1.29, 1.82) is 0 Å². The molecule has 0 fully saturated rings. The van der Waals surface area contributed by atoms with E-state index in [0.29, 0.717) is 22.9 Å². The number of anilines is 2. The topological polar surface area (TPSA) is 93.0 Å². The molecular formula is C13H16N4O2. The molecule has 0 atom stereocenters. The van der Waals surface area contributed by atoms with Crippen molar-refractivity contribution in [3.05, 3.63) is 36.3 Å². The number of aromatic nitrogens is 2. The van der Waals surface area contributed by atoms with Gasteiger partial charge >= 0.3 is 0 Å².